The Balaban J connectivity index is 2.80. The molecule has 1 atom stereocenters. The van der Waals surface area contributed by atoms with Gasteiger partial charge in [0.1, 0.15) is 0 Å². The highest BCUT2D eigenvalue weighted by Gasteiger charge is 2.16. The standard InChI is InChI=1S/C13H19ClN2O2/c1-9(2)11(4-6-14)15-13(18)10-5-7-16(3)12(17)8-10/h5,7-9,11H,4,6H2,1-3H3,(H,15,18). The second-order valence-corrected chi connectivity index (χ2v) is 5.04. The summed E-state index contributed by atoms with van der Waals surface area (Å²) >= 11 is 5.71. The minimum absolute atomic E-state index is 0.0269. The minimum atomic E-state index is -0.225. The van der Waals surface area contributed by atoms with Crippen LogP contribution in [0.3, 0.4) is 0 Å². The van der Waals surface area contributed by atoms with Gasteiger partial charge in [0.2, 0.25) is 0 Å². The number of hydrogen-bond acceptors (Lipinski definition) is 2. The van der Waals surface area contributed by atoms with Gasteiger partial charge in [-0.05, 0) is 18.4 Å². The van der Waals surface area contributed by atoms with Gasteiger partial charge < -0.3 is 9.88 Å². The van der Waals surface area contributed by atoms with Crippen LogP contribution < -0.4 is 10.9 Å². The molecule has 0 bridgehead atoms. The Hall–Kier alpha value is -1.29. The Bertz CT molecular complexity index is 468. The molecule has 5 heteroatoms. The molecule has 4 nitrogen and oxygen atoms in total. The molecule has 0 saturated carbocycles. The number of carbonyl (C=O) groups is 1. The molecule has 0 saturated heterocycles. The number of hydrogen-bond donors (Lipinski definition) is 1. The van der Waals surface area contributed by atoms with E-state index in [2.05, 4.69) is 5.32 Å². The van der Waals surface area contributed by atoms with Crippen molar-refractivity contribution in [2.75, 3.05) is 5.88 Å². The zero-order valence-corrected chi connectivity index (χ0v) is 11.7. The number of pyridine rings is 1. The molecule has 18 heavy (non-hydrogen) atoms. The lowest BCUT2D eigenvalue weighted by molar-refractivity contribution is 0.0924. The van der Waals surface area contributed by atoms with E-state index in [1.54, 1.807) is 19.3 Å². The molecule has 1 heterocycles. The number of rotatable bonds is 5. The maximum Gasteiger partial charge on any atom is 0.251 e. The lowest BCUT2D eigenvalue weighted by Crippen LogP contribution is -2.39. The van der Waals surface area contributed by atoms with Gasteiger partial charge in [-0.1, -0.05) is 13.8 Å². The highest BCUT2D eigenvalue weighted by molar-refractivity contribution is 6.17. The third kappa shape index (κ3) is 3.88. The molecular formula is C13H19ClN2O2. The lowest BCUT2D eigenvalue weighted by Gasteiger charge is -2.21. The van der Waals surface area contributed by atoms with Crippen LogP contribution in [0, 0.1) is 5.92 Å². The van der Waals surface area contributed by atoms with Gasteiger partial charge in [0, 0.05) is 36.8 Å². The number of amides is 1. The molecule has 1 aromatic heterocycles. The number of carbonyl (C=O) groups excluding carboxylic acids is 1. The first-order valence-electron chi connectivity index (χ1n) is 5.99. The van der Waals surface area contributed by atoms with E-state index in [0.29, 0.717) is 17.4 Å². The van der Waals surface area contributed by atoms with Crippen molar-refractivity contribution in [3.8, 4) is 0 Å². The number of aromatic nitrogens is 1. The molecule has 0 aliphatic heterocycles. The normalized spacial score (nSPS) is 12.5. The van der Waals surface area contributed by atoms with Crippen LogP contribution in [0.4, 0.5) is 0 Å². The van der Waals surface area contributed by atoms with E-state index < -0.39 is 0 Å². The van der Waals surface area contributed by atoms with E-state index in [1.807, 2.05) is 13.8 Å². The van der Waals surface area contributed by atoms with E-state index in [-0.39, 0.29) is 17.5 Å². The molecule has 0 spiro atoms. The Labute approximate surface area is 112 Å². The quantitative estimate of drug-likeness (QED) is 0.829. The van der Waals surface area contributed by atoms with Gasteiger partial charge in [-0.25, -0.2) is 0 Å². The molecule has 100 valence electrons. The van der Waals surface area contributed by atoms with Crippen LogP contribution in [-0.4, -0.2) is 22.4 Å². The molecule has 0 aromatic carbocycles. The van der Waals surface area contributed by atoms with Gasteiger partial charge in [-0.15, -0.1) is 11.6 Å². The van der Waals surface area contributed by atoms with E-state index in [4.69, 9.17) is 11.6 Å². The summed E-state index contributed by atoms with van der Waals surface area (Å²) in [7, 11) is 1.65. The fourth-order valence-corrected chi connectivity index (χ4v) is 1.87. The fourth-order valence-electron chi connectivity index (χ4n) is 1.63. The summed E-state index contributed by atoms with van der Waals surface area (Å²) in [4.78, 5) is 23.4. The number of nitrogens with zero attached hydrogens (tertiary/aromatic N) is 1. The van der Waals surface area contributed by atoms with E-state index in [1.165, 1.54) is 10.6 Å². The maximum absolute atomic E-state index is 12.0. The van der Waals surface area contributed by atoms with Crippen molar-refractivity contribution in [2.45, 2.75) is 26.3 Å². The summed E-state index contributed by atoms with van der Waals surface area (Å²) in [5.41, 5.74) is 0.194. The monoisotopic (exact) mass is 270 g/mol. The summed E-state index contributed by atoms with van der Waals surface area (Å²) in [6.45, 7) is 4.06. The number of halogens is 1. The SMILES string of the molecule is CC(C)C(CCCl)NC(=O)c1ccn(C)c(=O)c1. The second-order valence-electron chi connectivity index (χ2n) is 4.67. The van der Waals surface area contributed by atoms with Crippen molar-refractivity contribution in [3.63, 3.8) is 0 Å². The molecule has 1 aromatic rings. The second kappa shape index (κ2) is 6.59. The van der Waals surface area contributed by atoms with E-state index in [0.717, 1.165) is 6.42 Å². The highest BCUT2D eigenvalue weighted by atomic mass is 35.5. The minimum Gasteiger partial charge on any atom is -0.349 e. The van der Waals surface area contributed by atoms with Crippen LogP contribution in [-0.2, 0) is 7.05 Å². The lowest BCUT2D eigenvalue weighted by atomic mass is 10.0. The fraction of sp³-hybridized carbons (Fsp3) is 0.538. The zero-order valence-electron chi connectivity index (χ0n) is 10.9. The summed E-state index contributed by atoms with van der Waals surface area (Å²) in [5, 5.41) is 2.91. The number of nitrogens with one attached hydrogen (secondary N) is 1. The van der Waals surface area contributed by atoms with Crippen LogP contribution >= 0.6 is 11.6 Å². The van der Waals surface area contributed by atoms with Crippen LogP contribution in [0.2, 0.25) is 0 Å². The molecule has 0 aliphatic carbocycles. The van der Waals surface area contributed by atoms with E-state index in [9.17, 15) is 9.59 Å². The topological polar surface area (TPSA) is 51.1 Å². The Morgan fingerprint density at radius 1 is 1.50 bits per heavy atom. The van der Waals surface area contributed by atoms with Crippen molar-refractivity contribution >= 4 is 17.5 Å². The van der Waals surface area contributed by atoms with Gasteiger partial charge in [-0.2, -0.15) is 0 Å². The maximum atomic E-state index is 12.0. The molecular weight excluding hydrogens is 252 g/mol. The molecule has 0 aliphatic rings. The first kappa shape index (κ1) is 14.8. The van der Waals surface area contributed by atoms with Gasteiger partial charge in [0.15, 0.2) is 0 Å². The average Bonchev–Trinajstić information content (AvgIpc) is 2.31. The average molecular weight is 271 g/mol. The molecule has 0 radical (unpaired) electrons. The van der Waals surface area contributed by atoms with Crippen molar-refractivity contribution in [1.82, 2.24) is 9.88 Å². The molecule has 1 unspecified atom stereocenters. The van der Waals surface area contributed by atoms with Crippen LogP contribution in [0.5, 0.6) is 0 Å². The van der Waals surface area contributed by atoms with Crippen molar-refractivity contribution in [2.24, 2.45) is 13.0 Å². The molecule has 1 amide bonds. The number of alkyl halides is 1. The summed E-state index contributed by atoms with van der Waals surface area (Å²) in [5.74, 6) is 0.579. The molecule has 0 fully saturated rings. The first-order chi connectivity index (χ1) is 8.45. The highest BCUT2D eigenvalue weighted by Crippen LogP contribution is 2.08. The van der Waals surface area contributed by atoms with Crippen LogP contribution in [0.1, 0.15) is 30.6 Å². The predicted octanol–water partition coefficient (Wildman–Crippen LogP) is 1.77. The smallest absolute Gasteiger partial charge is 0.251 e. The van der Waals surface area contributed by atoms with Crippen LogP contribution in [0.25, 0.3) is 0 Å². The summed E-state index contributed by atoms with van der Waals surface area (Å²) in [6.07, 6.45) is 2.30. The Kier molecular flexibility index (Phi) is 5.41. The molecule has 1 N–H and O–H groups in total. The van der Waals surface area contributed by atoms with Crippen molar-refractivity contribution in [3.05, 3.63) is 34.2 Å². The van der Waals surface area contributed by atoms with Crippen molar-refractivity contribution in [1.29, 1.82) is 0 Å². The van der Waals surface area contributed by atoms with Gasteiger partial charge in [-0.3, -0.25) is 9.59 Å². The largest absolute Gasteiger partial charge is 0.349 e. The van der Waals surface area contributed by atoms with Gasteiger partial charge in [0.25, 0.3) is 11.5 Å². The predicted molar refractivity (Wildman–Crippen MR) is 73.1 cm³/mol. The Morgan fingerprint density at radius 3 is 2.67 bits per heavy atom. The van der Waals surface area contributed by atoms with Gasteiger partial charge in [0.05, 0.1) is 0 Å². The third-order valence-electron chi connectivity index (χ3n) is 2.91. The third-order valence-corrected chi connectivity index (χ3v) is 3.13. The summed E-state index contributed by atoms with van der Waals surface area (Å²) < 4.78 is 1.43. The summed E-state index contributed by atoms with van der Waals surface area (Å²) in [6, 6.07) is 3.00. The van der Waals surface area contributed by atoms with Crippen molar-refractivity contribution < 1.29 is 4.79 Å². The Morgan fingerprint density at radius 2 is 2.17 bits per heavy atom. The zero-order chi connectivity index (χ0) is 13.7. The molecule has 1 rings (SSSR count). The van der Waals surface area contributed by atoms with Crippen LogP contribution in [0.15, 0.2) is 23.1 Å². The number of aryl methyl sites for hydroxylation is 1. The first-order valence-corrected chi connectivity index (χ1v) is 6.52. The van der Waals surface area contributed by atoms with Gasteiger partial charge >= 0.3 is 0 Å². The van der Waals surface area contributed by atoms with E-state index >= 15 is 0 Å².